The van der Waals surface area contributed by atoms with Gasteiger partial charge >= 0.3 is 5.97 Å². The number of benzene rings is 1. The Morgan fingerprint density at radius 1 is 1.20 bits per heavy atom. The van der Waals surface area contributed by atoms with Crippen molar-refractivity contribution in [3.63, 3.8) is 0 Å². The average Bonchev–Trinajstić information content (AvgIpc) is 3.34. The van der Waals surface area contributed by atoms with Crippen LogP contribution < -0.4 is 5.32 Å². The van der Waals surface area contributed by atoms with Gasteiger partial charge < -0.3 is 10.1 Å². The van der Waals surface area contributed by atoms with Crippen molar-refractivity contribution in [2.45, 2.75) is 13.0 Å². The van der Waals surface area contributed by atoms with Crippen LogP contribution in [0.15, 0.2) is 59.6 Å². The lowest BCUT2D eigenvalue weighted by atomic mass is 10.2. The molecule has 3 aromatic rings. The van der Waals surface area contributed by atoms with Crippen molar-refractivity contribution in [2.24, 2.45) is 0 Å². The molecule has 0 saturated heterocycles. The Morgan fingerprint density at radius 3 is 2.72 bits per heavy atom. The van der Waals surface area contributed by atoms with E-state index < -0.39 is 0 Å². The summed E-state index contributed by atoms with van der Waals surface area (Å²) in [5.41, 5.74) is 2.44. The molecule has 0 atom stereocenters. The molecule has 25 heavy (non-hydrogen) atoms. The van der Waals surface area contributed by atoms with Crippen molar-refractivity contribution < 1.29 is 14.3 Å². The van der Waals surface area contributed by atoms with Gasteiger partial charge in [-0.15, -0.1) is 0 Å². The number of nitrogens with zero attached hydrogens (tertiary/aromatic N) is 2. The van der Waals surface area contributed by atoms with Crippen molar-refractivity contribution in [2.75, 3.05) is 6.54 Å². The number of carbonyl (C=O) groups excluding carboxylic acids is 2. The van der Waals surface area contributed by atoms with Crippen molar-refractivity contribution in [1.29, 1.82) is 0 Å². The van der Waals surface area contributed by atoms with E-state index in [2.05, 4.69) is 10.4 Å². The fourth-order valence-electron chi connectivity index (χ4n) is 2.18. The fraction of sp³-hybridized carbons (Fsp3) is 0.167. The van der Waals surface area contributed by atoms with Crippen LogP contribution in [0.3, 0.4) is 0 Å². The van der Waals surface area contributed by atoms with Gasteiger partial charge in [-0.25, -0.2) is 4.68 Å². The predicted octanol–water partition coefficient (Wildman–Crippen LogP) is 2.80. The number of ether oxygens (including phenoxy) is 1. The Bertz CT molecular complexity index is 812. The molecule has 0 radical (unpaired) electrons. The average molecular weight is 355 g/mol. The molecule has 0 fully saturated rings. The highest BCUT2D eigenvalue weighted by Crippen LogP contribution is 2.10. The van der Waals surface area contributed by atoms with Crippen LogP contribution in [-0.4, -0.2) is 28.2 Å². The van der Waals surface area contributed by atoms with E-state index in [1.165, 1.54) is 11.3 Å². The van der Waals surface area contributed by atoms with Gasteiger partial charge in [0.05, 0.1) is 12.1 Å². The van der Waals surface area contributed by atoms with Gasteiger partial charge in [0.15, 0.2) is 0 Å². The van der Waals surface area contributed by atoms with Crippen LogP contribution in [0.4, 0.5) is 0 Å². The molecule has 3 rings (SSSR count). The highest BCUT2D eigenvalue weighted by atomic mass is 32.1. The Hall–Kier alpha value is -2.93. The summed E-state index contributed by atoms with van der Waals surface area (Å²) < 4.78 is 6.98. The fourth-order valence-corrected chi connectivity index (χ4v) is 2.81. The molecule has 0 unspecified atom stereocenters. The summed E-state index contributed by atoms with van der Waals surface area (Å²) in [5.74, 6) is -0.523. The lowest BCUT2D eigenvalue weighted by Gasteiger charge is -2.07. The molecule has 0 bridgehead atoms. The van der Waals surface area contributed by atoms with Gasteiger partial charge in [-0.2, -0.15) is 16.4 Å². The summed E-state index contributed by atoms with van der Waals surface area (Å²) in [5, 5.41) is 10.4. The zero-order valence-corrected chi connectivity index (χ0v) is 14.2. The number of esters is 1. The van der Waals surface area contributed by atoms with Crippen LogP contribution in [0.5, 0.6) is 0 Å². The summed E-state index contributed by atoms with van der Waals surface area (Å²) in [6.07, 6.45) is 3.72. The van der Waals surface area contributed by atoms with Crippen molar-refractivity contribution in [1.82, 2.24) is 15.1 Å². The number of nitrogens with one attached hydrogen (secondary N) is 1. The monoisotopic (exact) mass is 355 g/mol. The first kappa shape index (κ1) is 16.9. The highest BCUT2D eigenvalue weighted by Gasteiger charge is 2.08. The molecule has 1 amide bonds. The summed E-state index contributed by atoms with van der Waals surface area (Å²) >= 11 is 1.46. The molecule has 2 heterocycles. The first-order valence-electron chi connectivity index (χ1n) is 7.77. The maximum Gasteiger partial charge on any atom is 0.307 e. The number of hydrogen-bond donors (Lipinski definition) is 1. The maximum atomic E-state index is 11.8. The molecule has 128 valence electrons. The first-order valence-corrected chi connectivity index (χ1v) is 8.71. The summed E-state index contributed by atoms with van der Waals surface area (Å²) in [4.78, 5) is 23.5. The second-order valence-corrected chi connectivity index (χ2v) is 6.08. The molecule has 0 saturated carbocycles. The van der Waals surface area contributed by atoms with E-state index in [4.69, 9.17) is 4.74 Å². The Balaban J connectivity index is 1.39. The molecule has 6 nitrogen and oxygen atoms in total. The highest BCUT2D eigenvalue weighted by molar-refractivity contribution is 7.08. The molecule has 0 spiro atoms. The molecule has 1 N–H and O–H groups in total. The lowest BCUT2D eigenvalue weighted by Crippen LogP contribution is -2.26. The van der Waals surface area contributed by atoms with Crippen molar-refractivity contribution in [3.8, 4) is 5.69 Å². The van der Waals surface area contributed by atoms with Crippen molar-refractivity contribution >= 4 is 23.2 Å². The van der Waals surface area contributed by atoms with E-state index in [-0.39, 0.29) is 31.4 Å². The van der Waals surface area contributed by atoms with Crippen LogP contribution in [0.2, 0.25) is 0 Å². The van der Waals surface area contributed by atoms with E-state index >= 15 is 0 Å². The van der Waals surface area contributed by atoms with Crippen LogP contribution >= 0.6 is 11.3 Å². The molecule has 2 aromatic heterocycles. The molecular formula is C18H17N3O3S. The number of thiophene rings is 1. The van der Waals surface area contributed by atoms with Gasteiger partial charge in [0.25, 0.3) is 5.91 Å². The number of amides is 1. The Kier molecular flexibility index (Phi) is 5.58. The van der Waals surface area contributed by atoms with Gasteiger partial charge in [0.1, 0.15) is 6.61 Å². The standard InChI is InChI=1S/C18H17N3O3S/c22-17(6-9-19-18(23)15-7-11-25-13-15)24-12-14-2-4-16(5-3-14)21-10-1-8-20-21/h1-5,7-8,10-11,13H,6,9,12H2,(H,19,23). The zero-order chi connectivity index (χ0) is 17.5. The van der Waals surface area contributed by atoms with E-state index in [0.29, 0.717) is 5.56 Å². The lowest BCUT2D eigenvalue weighted by molar-refractivity contribution is -0.144. The van der Waals surface area contributed by atoms with Crippen molar-refractivity contribution in [3.05, 3.63) is 70.7 Å². The third-order valence-electron chi connectivity index (χ3n) is 3.50. The van der Waals surface area contributed by atoms with Crippen LogP contribution in [-0.2, 0) is 16.1 Å². The zero-order valence-electron chi connectivity index (χ0n) is 13.4. The third kappa shape index (κ3) is 4.77. The molecule has 0 aliphatic heterocycles. The van der Waals surface area contributed by atoms with E-state index in [0.717, 1.165) is 11.3 Å². The van der Waals surface area contributed by atoms with E-state index in [9.17, 15) is 9.59 Å². The second kappa shape index (κ2) is 8.25. The largest absolute Gasteiger partial charge is 0.461 e. The minimum atomic E-state index is -0.346. The first-order chi connectivity index (χ1) is 12.2. The minimum Gasteiger partial charge on any atom is -0.461 e. The summed E-state index contributed by atoms with van der Waals surface area (Å²) in [6.45, 7) is 0.461. The molecule has 0 aliphatic carbocycles. The second-order valence-electron chi connectivity index (χ2n) is 5.30. The number of rotatable bonds is 7. The summed E-state index contributed by atoms with van der Waals surface area (Å²) in [7, 11) is 0. The number of carbonyl (C=O) groups is 2. The quantitative estimate of drug-likeness (QED) is 0.662. The summed E-state index contributed by atoms with van der Waals surface area (Å²) in [6, 6.07) is 11.2. The van der Waals surface area contributed by atoms with E-state index in [1.54, 1.807) is 22.3 Å². The molecule has 0 aliphatic rings. The van der Waals surface area contributed by atoms with Gasteiger partial charge in [-0.05, 0) is 35.2 Å². The Morgan fingerprint density at radius 2 is 2.04 bits per heavy atom. The smallest absolute Gasteiger partial charge is 0.307 e. The van der Waals surface area contributed by atoms with Crippen LogP contribution in [0.25, 0.3) is 5.69 Å². The minimum absolute atomic E-state index is 0.140. The number of aromatic nitrogens is 2. The van der Waals surface area contributed by atoms with Gasteiger partial charge in [-0.3, -0.25) is 9.59 Å². The SMILES string of the molecule is O=C(CCNC(=O)c1ccsc1)OCc1ccc(-n2cccn2)cc1. The van der Waals surface area contributed by atoms with Gasteiger partial charge in [0.2, 0.25) is 0 Å². The van der Waals surface area contributed by atoms with Crippen LogP contribution in [0, 0.1) is 0 Å². The maximum absolute atomic E-state index is 11.8. The third-order valence-corrected chi connectivity index (χ3v) is 4.19. The van der Waals surface area contributed by atoms with Crippen LogP contribution in [0.1, 0.15) is 22.3 Å². The Labute approximate surface area is 149 Å². The van der Waals surface area contributed by atoms with Gasteiger partial charge in [-0.1, -0.05) is 12.1 Å². The predicted molar refractivity (Wildman–Crippen MR) is 94.6 cm³/mol. The van der Waals surface area contributed by atoms with Gasteiger partial charge in [0, 0.05) is 29.9 Å². The normalized spacial score (nSPS) is 10.4. The molecule has 1 aromatic carbocycles. The molecule has 7 heteroatoms. The topological polar surface area (TPSA) is 73.2 Å². The molecular weight excluding hydrogens is 338 g/mol. The number of hydrogen-bond acceptors (Lipinski definition) is 5. The van der Waals surface area contributed by atoms with E-state index in [1.807, 2.05) is 41.9 Å².